The first-order valence-corrected chi connectivity index (χ1v) is 16.8. The van der Waals surface area contributed by atoms with Crippen molar-refractivity contribution < 1.29 is 19.1 Å². The van der Waals surface area contributed by atoms with E-state index in [1.165, 1.54) is 44.9 Å². The minimum atomic E-state index is -0.767. The predicted octanol–water partition coefficient (Wildman–Crippen LogP) is 5.62. The number of hydrogen-bond donors (Lipinski definition) is 0. The molecule has 6 rings (SSSR count). The predicted molar refractivity (Wildman–Crippen MR) is 170 cm³/mol. The first kappa shape index (κ1) is 30.9. The summed E-state index contributed by atoms with van der Waals surface area (Å²) in [5.41, 5.74) is 0.0216. The van der Waals surface area contributed by atoms with Crippen molar-refractivity contribution in [2.45, 2.75) is 128 Å². The Morgan fingerprint density at radius 2 is 1.57 bits per heavy atom. The first-order chi connectivity index (χ1) is 21.1. The van der Waals surface area contributed by atoms with Gasteiger partial charge in [-0.1, -0.05) is 37.8 Å². The van der Waals surface area contributed by atoms with E-state index < -0.39 is 24.1 Å². The molecule has 4 fully saturated rings. The lowest BCUT2D eigenvalue weighted by Crippen LogP contribution is -2.58. The Labute approximate surface area is 260 Å². The largest absolute Gasteiger partial charge is 0.461 e. The van der Waals surface area contributed by atoms with Gasteiger partial charge in [-0.3, -0.25) is 19.5 Å². The van der Waals surface area contributed by atoms with E-state index in [1.54, 1.807) is 27.7 Å². The lowest BCUT2D eigenvalue weighted by molar-refractivity contribution is -0.152. The monoisotopic (exact) mass is 604 g/mol. The van der Waals surface area contributed by atoms with Crippen LogP contribution in [0.2, 0.25) is 0 Å². The third kappa shape index (κ3) is 6.49. The standard InChI is InChI=1S/C35H48N4O5/c1-5-43-34(42)32(36-21-30(40)44-35(2,3)4)31-33(41)39(29-15-7-6-14-28(29)37-31)27-19-24-12-9-13-25(20-27)38(24)26-17-22-10-8-11-23(16-22)18-26/h6-7,14-15,22-27H,5,8-13,16-21H2,1-4H3/t22?,23?,24-,25?,26?,27?/m1/s1. The average Bonchev–Trinajstić information content (AvgIpc) is 2.96. The number of fused-ring (bicyclic) bond motifs is 5. The van der Waals surface area contributed by atoms with E-state index in [2.05, 4.69) is 14.9 Å². The van der Waals surface area contributed by atoms with Crippen molar-refractivity contribution in [1.82, 2.24) is 14.5 Å². The van der Waals surface area contributed by atoms with Crippen LogP contribution in [0.1, 0.15) is 110 Å². The number of piperidine rings is 2. The van der Waals surface area contributed by atoms with Crippen LogP contribution in [0.4, 0.5) is 0 Å². The van der Waals surface area contributed by atoms with Gasteiger partial charge < -0.3 is 14.0 Å². The van der Waals surface area contributed by atoms with Gasteiger partial charge in [0.15, 0.2) is 11.4 Å². The number of esters is 2. The van der Waals surface area contributed by atoms with Gasteiger partial charge in [0.2, 0.25) is 0 Å². The Morgan fingerprint density at radius 1 is 0.909 bits per heavy atom. The van der Waals surface area contributed by atoms with E-state index >= 15 is 0 Å². The van der Waals surface area contributed by atoms with Gasteiger partial charge in [-0.25, -0.2) is 9.78 Å². The second-order valence-electron chi connectivity index (χ2n) is 14.4. The van der Waals surface area contributed by atoms with Crippen molar-refractivity contribution in [2.75, 3.05) is 13.2 Å². The molecule has 2 aliphatic carbocycles. The summed E-state index contributed by atoms with van der Waals surface area (Å²) >= 11 is 0. The minimum Gasteiger partial charge on any atom is -0.461 e. The van der Waals surface area contributed by atoms with Crippen LogP contribution >= 0.6 is 0 Å². The van der Waals surface area contributed by atoms with Crippen molar-refractivity contribution >= 4 is 28.7 Å². The summed E-state index contributed by atoms with van der Waals surface area (Å²) in [6.07, 6.45) is 13.6. The van der Waals surface area contributed by atoms with Crippen LogP contribution in [0.3, 0.4) is 0 Å². The number of aliphatic imine (C=N–C) groups is 1. The quantitative estimate of drug-likeness (QED) is 0.299. The zero-order valence-electron chi connectivity index (χ0n) is 26.8. The Morgan fingerprint density at radius 3 is 2.23 bits per heavy atom. The number of para-hydroxylation sites is 2. The third-order valence-corrected chi connectivity index (χ3v) is 10.2. The molecule has 9 nitrogen and oxygen atoms in total. The van der Waals surface area contributed by atoms with Gasteiger partial charge in [0.05, 0.1) is 17.6 Å². The zero-order valence-corrected chi connectivity index (χ0v) is 26.8. The number of carbonyl (C=O) groups excluding carboxylic acids is 2. The summed E-state index contributed by atoms with van der Waals surface area (Å²) in [4.78, 5) is 52.0. The Balaban J connectivity index is 1.35. The molecule has 1 aromatic carbocycles. The SMILES string of the molecule is CCOC(=O)C(=NCC(=O)OC(C)(C)C)c1nc2ccccc2n(C2CC3CCC[C@H](C2)N3C2CC3CCCC(C3)C2)c1=O. The summed E-state index contributed by atoms with van der Waals surface area (Å²) in [5, 5.41) is 0. The van der Waals surface area contributed by atoms with Crippen molar-refractivity contribution in [3.8, 4) is 0 Å². The molecule has 0 N–H and O–H groups in total. The highest BCUT2D eigenvalue weighted by Crippen LogP contribution is 2.47. The Kier molecular flexibility index (Phi) is 8.95. The van der Waals surface area contributed by atoms with Crippen LogP contribution in [0, 0.1) is 11.8 Å². The summed E-state index contributed by atoms with van der Waals surface area (Å²) in [6.45, 7) is 6.70. The van der Waals surface area contributed by atoms with Gasteiger partial charge in [0, 0.05) is 24.2 Å². The molecule has 0 spiro atoms. The number of benzene rings is 1. The van der Waals surface area contributed by atoms with Gasteiger partial charge in [-0.05, 0) is 96.6 Å². The number of hydrogen-bond acceptors (Lipinski definition) is 8. The fraction of sp³-hybridized carbons (Fsp3) is 0.686. The summed E-state index contributed by atoms with van der Waals surface area (Å²) in [6, 6.07) is 9.16. The number of ether oxygens (including phenoxy) is 2. The number of carbonyl (C=O) groups is 2. The Bertz CT molecular complexity index is 1450. The molecule has 4 bridgehead atoms. The van der Waals surface area contributed by atoms with Gasteiger partial charge >= 0.3 is 11.9 Å². The van der Waals surface area contributed by atoms with Gasteiger partial charge in [0.1, 0.15) is 12.1 Å². The number of nitrogens with zero attached hydrogens (tertiary/aromatic N) is 4. The van der Waals surface area contributed by atoms with Crippen LogP contribution < -0.4 is 5.56 Å². The van der Waals surface area contributed by atoms with Gasteiger partial charge in [-0.15, -0.1) is 0 Å². The molecule has 2 saturated heterocycles. The van der Waals surface area contributed by atoms with E-state index in [9.17, 15) is 14.4 Å². The van der Waals surface area contributed by atoms with Crippen LogP contribution in [0.25, 0.3) is 11.0 Å². The molecule has 2 aromatic rings. The smallest absolute Gasteiger partial charge is 0.358 e. The molecule has 0 amide bonds. The highest BCUT2D eigenvalue weighted by atomic mass is 16.6. The molecule has 3 heterocycles. The maximum absolute atomic E-state index is 14.4. The molecule has 9 heteroatoms. The molecule has 2 saturated carbocycles. The van der Waals surface area contributed by atoms with E-state index in [4.69, 9.17) is 9.47 Å². The van der Waals surface area contributed by atoms with E-state index in [-0.39, 0.29) is 29.6 Å². The second kappa shape index (κ2) is 12.7. The van der Waals surface area contributed by atoms with E-state index in [1.807, 2.05) is 28.8 Å². The molecule has 1 aromatic heterocycles. The van der Waals surface area contributed by atoms with Crippen LogP contribution in [-0.4, -0.2) is 69.0 Å². The molecule has 4 unspecified atom stereocenters. The van der Waals surface area contributed by atoms with E-state index in [0.717, 1.165) is 43.0 Å². The lowest BCUT2D eigenvalue weighted by atomic mass is 9.68. The minimum absolute atomic E-state index is 0.0157. The molecular formula is C35H48N4O5. The van der Waals surface area contributed by atoms with Crippen LogP contribution in [0.5, 0.6) is 0 Å². The number of rotatable bonds is 7. The van der Waals surface area contributed by atoms with Gasteiger partial charge in [-0.2, -0.15) is 0 Å². The zero-order chi connectivity index (χ0) is 31.0. The highest BCUT2D eigenvalue weighted by Gasteiger charge is 2.45. The van der Waals surface area contributed by atoms with E-state index in [0.29, 0.717) is 23.6 Å². The maximum atomic E-state index is 14.4. The Hall–Kier alpha value is -3.07. The van der Waals surface area contributed by atoms with Crippen molar-refractivity contribution in [1.29, 1.82) is 0 Å². The van der Waals surface area contributed by atoms with Crippen LogP contribution in [0.15, 0.2) is 34.1 Å². The molecular weight excluding hydrogens is 556 g/mol. The molecule has 5 atom stereocenters. The summed E-state index contributed by atoms with van der Waals surface area (Å²) in [5.74, 6) is 0.396. The normalized spacial score (nSPS) is 29.3. The molecule has 2 aliphatic heterocycles. The fourth-order valence-electron chi connectivity index (χ4n) is 8.76. The first-order valence-electron chi connectivity index (χ1n) is 16.8. The maximum Gasteiger partial charge on any atom is 0.358 e. The average molecular weight is 605 g/mol. The van der Waals surface area contributed by atoms with Crippen LogP contribution in [-0.2, 0) is 19.1 Å². The molecule has 4 aliphatic rings. The highest BCUT2D eigenvalue weighted by molar-refractivity contribution is 6.42. The molecule has 44 heavy (non-hydrogen) atoms. The van der Waals surface area contributed by atoms with Gasteiger partial charge in [0.25, 0.3) is 5.56 Å². The summed E-state index contributed by atoms with van der Waals surface area (Å²) in [7, 11) is 0. The number of aromatic nitrogens is 2. The van der Waals surface area contributed by atoms with Crippen molar-refractivity contribution in [2.24, 2.45) is 16.8 Å². The summed E-state index contributed by atoms with van der Waals surface area (Å²) < 4.78 is 12.6. The molecule has 238 valence electrons. The second-order valence-corrected chi connectivity index (χ2v) is 14.4. The fourth-order valence-corrected chi connectivity index (χ4v) is 8.76. The van der Waals surface area contributed by atoms with Crippen molar-refractivity contribution in [3.63, 3.8) is 0 Å². The molecule has 0 radical (unpaired) electrons. The lowest BCUT2D eigenvalue weighted by Gasteiger charge is -2.55. The third-order valence-electron chi connectivity index (χ3n) is 10.2. The van der Waals surface area contributed by atoms with Crippen molar-refractivity contribution in [3.05, 3.63) is 40.3 Å². The topological polar surface area (TPSA) is 103 Å².